The summed E-state index contributed by atoms with van der Waals surface area (Å²) >= 11 is 0. The number of nitrogens with zero attached hydrogens (tertiary/aromatic N) is 2. The lowest BCUT2D eigenvalue weighted by Crippen LogP contribution is -2.49. The first-order chi connectivity index (χ1) is 13.5. The van der Waals surface area contributed by atoms with Crippen molar-refractivity contribution < 1.29 is 14.6 Å². The molecule has 0 saturated carbocycles. The lowest BCUT2D eigenvalue weighted by Gasteiger charge is -2.33. The molecule has 29 heavy (non-hydrogen) atoms. The van der Waals surface area contributed by atoms with E-state index in [1.807, 2.05) is 6.07 Å². The number of ether oxygens (including phenoxy) is 2. The molecule has 1 aliphatic heterocycles. The molecule has 0 unspecified atom stereocenters. The molecule has 1 saturated heterocycles. The van der Waals surface area contributed by atoms with Crippen LogP contribution >= 0.6 is 24.0 Å². The number of benzene rings is 1. The van der Waals surface area contributed by atoms with Gasteiger partial charge in [-0.15, -0.1) is 24.0 Å². The number of aliphatic imine (C=N–C) groups is 1. The van der Waals surface area contributed by atoms with Crippen LogP contribution in [-0.4, -0.2) is 68.0 Å². The number of phenolic OH excluding ortho intramolecular Hbond substituents is 1. The lowest BCUT2D eigenvalue weighted by molar-refractivity contribution is 0.0532. The molecule has 1 aromatic rings. The first kappa shape index (κ1) is 25.8. The van der Waals surface area contributed by atoms with Gasteiger partial charge in [0.15, 0.2) is 17.5 Å². The second-order valence-corrected chi connectivity index (χ2v) is 7.38. The monoisotopic (exact) mass is 520 g/mol. The Balaban J connectivity index is 0.00000420. The first-order valence-corrected chi connectivity index (χ1v) is 10.3. The zero-order chi connectivity index (χ0) is 20.4. The molecule has 166 valence electrons. The standard InChI is InChI=1S/C21H36N4O3.HI/c1-5-22-21(23-15-17-6-7-20(27-4)19(26)14-17)24-18-8-10-25(11-9-18)12-13-28-16(2)3;/h6-7,14,16,18,26H,5,8-13,15H2,1-4H3,(H2,22,23,24);1H. The van der Waals surface area contributed by atoms with Gasteiger partial charge in [-0.1, -0.05) is 6.07 Å². The minimum Gasteiger partial charge on any atom is -0.504 e. The van der Waals surface area contributed by atoms with Crippen molar-refractivity contribution in [3.8, 4) is 11.5 Å². The first-order valence-electron chi connectivity index (χ1n) is 10.3. The number of phenols is 1. The molecule has 1 aromatic carbocycles. The van der Waals surface area contributed by atoms with Crippen LogP contribution in [0.25, 0.3) is 0 Å². The fraction of sp³-hybridized carbons (Fsp3) is 0.667. The number of hydrogen-bond donors (Lipinski definition) is 3. The molecule has 7 nitrogen and oxygen atoms in total. The summed E-state index contributed by atoms with van der Waals surface area (Å²) in [6.07, 6.45) is 2.48. The predicted octanol–water partition coefficient (Wildman–Crippen LogP) is 2.96. The van der Waals surface area contributed by atoms with Crippen LogP contribution in [0.15, 0.2) is 23.2 Å². The van der Waals surface area contributed by atoms with Crippen molar-refractivity contribution in [2.75, 3.05) is 39.9 Å². The molecule has 3 N–H and O–H groups in total. The molecule has 1 fully saturated rings. The van der Waals surface area contributed by atoms with E-state index in [-0.39, 0.29) is 29.7 Å². The van der Waals surface area contributed by atoms with Crippen molar-refractivity contribution in [1.82, 2.24) is 15.5 Å². The highest BCUT2D eigenvalue weighted by atomic mass is 127. The van der Waals surface area contributed by atoms with Gasteiger partial charge in [-0.3, -0.25) is 0 Å². The normalized spacial score (nSPS) is 15.8. The van der Waals surface area contributed by atoms with Crippen LogP contribution in [0.4, 0.5) is 0 Å². The van der Waals surface area contributed by atoms with Gasteiger partial charge in [-0.2, -0.15) is 0 Å². The van der Waals surface area contributed by atoms with Gasteiger partial charge in [-0.25, -0.2) is 4.99 Å². The molecular formula is C21H37IN4O3. The predicted molar refractivity (Wildman–Crippen MR) is 129 cm³/mol. The van der Waals surface area contributed by atoms with Crippen LogP contribution in [0.5, 0.6) is 11.5 Å². The Morgan fingerprint density at radius 2 is 2.03 bits per heavy atom. The van der Waals surface area contributed by atoms with Crippen LogP contribution in [0.3, 0.4) is 0 Å². The van der Waals surface area contributed by atoms with Gasteiger partial charge >= 0.3 is 0 Å². The smallest absolute Gasteiger partial charge is 0.191 e. The number of halogens is 1. The second-order valence-electron chi connectivity index (χ2n) is 7.38. The summed E-state index contributed by atoms with van der Waals surface area (Å²) in [4.78, 5) is 7.13. The number of rotatable bonds is 9. The minimum atomic E-state index is 0. The fourth-order valence-electron chi connectivity index (χ4n) is 3.24. The highest BCUT2D eigenvalue weighted by Gasteiger charge is 2.19. The Bertz CT molecular complexity index is 620. The van der Waals surface area contributed by atoms with E-state index in [9.17, 15) is 5.11 Å². The largest absolute Gasteiger partial charge is 0.504 e. The lowest BCUT2D eigenvalue weighted by atomic mass is 10.1. The average molecular weight is 520 g/mol. The van der Waals surface area contributed by atoms with E-state index < -0.39 is 0 Å². The summed E-state index contributed by atoms with van der Waals surface area (Å²) in [6.45, 7) is 11.5. The van der Waals surface area contributed by atoms with Crippen molar-refractivity contribution >= 4 is 29.9 Å². The minimum absolute atomic E-state index is 0. The van der Waals surface area contributed by atoms with Crippen molar-refractivity contribution in [2.24, 2.45) is 4.99 Å². The van der Waals surface area contributed by atoms with Crippen molar-refractivity contribution in [1.29, 1.82) is 0 Å². The molecule has 0 aromatic heterocycles. The summed E-state index contributed by atoms with van der Waals surface area (Å²) < 4.78 is 10.7. The molecule has 1 aliphatic rings. The van der Waals surface area contributed by atoms with Gasteiger partial charge in [0.05, 0.1) is 26.4 Å². The highest BCUT2D eigenvalue weighted by molar-refractivity contribution is 14.0. The fourth-order valence-corrected chi connectivity index (χ4v) is 3.24. The Morgan fingerprint density at radius 1 is 1.31 bits per heavy atom. The summed E-state index contributed by atoms with van der Waals surface area (Å²) in [6, 6.07) is 5.80. The number of piperidine rings is 1. The number of guanidine groups is 1. The molecule has 0 bridgehead atoms. The van der Waals surface area contributed by atoms with Gasteiger partial charge in [0, 0.05) is 32.2 Å². The molecule has 0 radical (unpaired) electrons. The Morgan fingerprint density at radius 3 is 2.62 bits per heavy atom. The summed E-state index contributed by atoms with van der Waals surface area (Å²) in [5.41, 5.74) is 0.940. The third-order valence-corrected chi connectivity index (χ3v) is 4.79. The maximum absolute atomic E-state index is 9.92. The molecular weight excluding hydrogens is 483 g/mol. The van der Waals surface area contributed by atoms with E-state index in [1.54, 1.807) is 19.2 Å². The van der Waals surface area contributed by atoms with Crippen LogP contribution in [0.1, 0.15) is 39.2 Å². The van der Waals surface area contributed by atoms with Gasteiger partial charge in [0.25, 0.3) is 0 Å². The SMILES string of the molecule is CCNC(=NCc1ccc(OC)c(O)c1)NC1CCN(CCOC(C)C)CC1.I. The van der Waals surface area contributed by atoms with Gasteiger partial charge in [0.1, 0.15) is 0 Å². The number of nitrogens with one attached hydrogen (secondary N) is 2. The van der Waals surface area contributed by atoms with Crippen molar-refractivity contribution in [3.63, 3.8) is 0 Å². The number of methoxy groups -OCH3 is 1. The van der Waals surface area contributed by atoms with Gasteiger partial charge in [-0.05, 0) is 51.3 Å². The van der Waals surface area contributed by atoms with Crippen LogP contribution in [-0.2, 0) is 11.3 Å². The Hall–Kier alpha value is -1.26. The van der Waals surface area contributed by atoms with E-state index >= 15 is 0 Å². The van der Waals surface area contributed by atoms with Gasteiger partial charge < -0.3 is 30.1 Å². The van der Waals surface area contributed by atoms with E-state index in [0.29, 0.717) is 24.4 Å². The second kappa shape index (κ2) is 13.9. The topological polar surface area (TPSA) is 78.4 Å². The van der Waals surface area contributed by atoms with Crippen molar-refractivity contribution in [2.45, 2.75) is 52.3 Å². The number of aromatic hydroxyl groups is 1. The molecule has 0 spiro atoms. The summed E-state index contributed by atoms with van der Waals surface area (Å²) in [5.74, 6) is 1.43. The van der Waals surface area contributed by atoms with Crippen LogP contribution in [0, 0.1) is 0 Å². The summed E-state index contributed by atoms with van der Waals surface area (Å²) in [7, 11) is 1.54. The molecule has 8 heteroatoms. The molecule has 0 amide bonds. The molecule has 0 atom stereocenters. The van der Waals surface area contributed by atoms with Crippen LogP contribution in [0.2, 0.25) is 0 Å². The third-order valence-electron chi connectivity index (χ3n) is 4.79. The van der Waals surface area contributed by atoms with E-state index in [0.717, 1.165) is 57.2 Å². The zero-order valence-corrected chi connectivity index (χ0v) is 20.4. The maximum Gasteiger partial charge on any atom is 0.191 e. The molecule has 2 rings (SSSR count). The Kier molecular flexibility index (Phi) is 12.3. The molecule has 0 aliphatic carbocycles. The number of hydrogen-bond acceptors (Lipinski definition) is 5. The maximum atomic E-state index is 9.92. The van der Waals surface area contributed by atoms with Crippen LogP contribution < -0.4 is 15.4 Å². The van der Waals surface area contributed by atoms with E-state index in [2.05, 4.69) is 41.3 Å². The van der Waals surface area contributed by atoms with Crippen molar-refractivity contribution in [3.05, 3.63) is 23.8 Å². The highest BCUT2D eigenvalue weighted by Crippen LogP contribution is 2.26. The quantitative estimate of drug-likeness (QED) is 0.264. The molecule has 1 heterocycles. The zero-order valence-electron chi connectivity index (χ0n) is 18.1. The van der Waals surface area contributed by atoms with Gasteiger partial charge in [0.2, 0.25) is 0 Å². The van der Waals surface area contributed by atoms with E-state index in [1.165, 1.54) is 0 Å². The van der Waals surface area contributed by atoms with E-state index in [4.69, 9.17) is 9.47 Å². The Labute approximate surface area is 192 Å². The summed E-state index contributed by atoms with van der Waals surface area (Å²) in [5, 5.41) is 16.8. The number of likely N-dealkylation sites (tertiary alicyclic amines) is 1. The third kappa shape index (κ3) is 9.39. The average Bonchev–Trinajstić information content (AvgIpc) is 2.67.